The Hall–Kier alpha value is -1.61. The summed E-state index contributed by atoms with van der Waals surface area (Å²) in [6, 6.07) is 13.8. The van der Waals surface area contributed by atoms with Crippen molar-refractivity contribution in [3.05, 3.63) is 54.9 Å². The summed E-state index contributed by atoms with van der Waals surface area (Å²) in [6.45, 7) is 0. The van der Waals surface area contributed by atoms with Gasteiger partial charge in [-0.25, -0.2) is 0 Å². The molecule has 0 unspecified atom stereocenters. The zero-order chi connectivity index (χ0) is 7.78. The number of aromatic nitrogens is 2. The molecule has 0 atom stereocenters. The molecule has 2 aromatic rings. The highest BCUT2D eigenvalue weighted by molar-refractivity contribution is 4.99. The molecule has 0 fully saturated rings. The van der Waals surface area contributed by atoms with Crippen LogP contribution in [0.4, 0.5) is 0 Å². The van der Waals surface area contributed by atoms with Gasteiger partial charge in [-0.15, -0.1) is 0 Å². The van der Waals surface area contributed by atoms with Crippen LogP contribution in [-0.4, -0.2) is 15.7 Å². The first-order valence-electron chi connectivity index (χ1n) is 3.44. The summed E-state index contributed by atoms with van der Waals surface area (Å²) in [4.78, 5) is 0. The highest BCUT2D eigenvalue weighted by Crippen LogP contribution is 1.79. The van der Waals surface area contributed by atoms with Gasteiger partial charge < -0.3 is 5.48 Å². The maximum absolute atomic E-state index is 3.60. The average Bonchev–Trinajstić information content (AvgIpc) is 2.64. The van der Waals surface area contributed by atoms with Gasteiger partial charge in [0.05, 0.1) is 0 Å². The van der Waals surface area contributed by atoms with E-state index in [1.54, 1.807) is 12.4 Å². The van der Waals surface area contributed by atoms with Crippen LogP contribution in [0.3, 0.4) is 0 Å². The Bertz CT molecular complexity index is 198. The first-order valence-corrected chi connectivity index (χ1v) is 3.44. The Morgan fingerprint density at radius 3 is 1.42 bits per heavy atom. The standard InChI is InChI=1S/C6H6.C3H4N2.H2O/c1-2-4-6-5-3-1;1-2-4-5-3-1;/h1-6H;1-3H,(H,4,5);1H2. The van der Waals surface area contributed by atoms with Crippen molar-refractivity contribution in [2.45, 2.75) is 0 Å². The van der Waals surface area contributed by atoms with Crippen LogP contribution in [0.2, 0.25) is 0 Å². The van der Waals surface area contributed by atoms with Gasteiger partial charge in [0.1, 0.15) is 0 Å². The molecular weight excluding hydrogens is 152 g/mol. The summed E-state index contributed by atoms with van der Waals surface area (Å²) in [6.07, 6.45) is 3.46. The largest absolute Gasteiger partial charge is 0.412 e. The van der Waals surface area contributed by atoms with Gasteiger partial charge >= 0.3 is 0 Å². The van der Waals surface area contributed by atoms with E-state index in [9.17, 15) is 0 Å². The minimum Gasteiger partial charge on any atom is -0.412 e. The van der Waals surface area contributed by atoms with E-state index in [1.807, 2.05) is 42.5 Å². The normalized spacial score (nSPS) is 7.33. The van der Waals surface area contributed by atoms with E-state index >= 15 is 0 Å². The van der Waals surface area contributed by atoms with Gasteiger partial charge in [0.25, 0.3) is 0 Å². The smallest absolute Gasteiger partial charge is 0.0487 e. The van der Waals surface area contributed by atoms with Gasteiger partial charge in [-0.2, -0.15) is 5.10 Å². The second-order valence-electron chi connectivity index (χ2n) is 1.92. The van der Waals surface area contributed by atoms with E-state index in [-0.39, 0.29) is 5.48 Å². The van der Waals surface area contributed by atoms with Gasteiger partial charge in [0.15, 0.2) is 0 Å². The third-order valence-corrected chi connectivity index (χ3v) is 1.07. The molecule has 3 nitrogen and oxygen atoms in total. The molecule has 1 aromatic heterocycles. The monoisotopic (exact) mass is 164 g/mol. The second-order valence-corrected chi connectivity index (χ2v) is 1.92. The van der Waals surface area contributed by atoms with Crippen molar-refractivity contribution in [2.75, 3.05) is 0 Å². The molecule has 0 saturated heterocycles. The number of hydrogen-bond donors (Lipinski definition) is 1. The van der Waals surface area contributed by atoms with Crippen LogP contribution in [0.15, 0.2) is 54.9 Å². The number of aromatic amines is 1. The number of hydrogen-bond acceptors (Lipinski definition) is 1. The molecule has 0 saturated carbocycles. The number of nitrogens with zero attached hydrogens (tertiary/aromatic N) is 1. The third kappa shape index (κ3) is 5.20. The number of nitrogens with one attached hydrogen (secondary N) is 1. The molecule has 0 spiro atoms. The predicted octanol–water partition coefficient (Wildman–Crippen LogP) is 1.27. The zero-order valence-corrected chi connectivity index (χ0v) is 6.64. The molecule has 0 amide bonds. The summed E-state index contributed by atoms with van der Waals surface area (Å²) in [5.74, 6) is 0. The lowest BCUT2D eigenvalue weighted by Crippen LogP contribution is -1.53. The first kappa shape index (κ1) is 10.4. The molecule has 0 aliphatic rings. The Balaban J connectivity index is 0.000000189. The number of H-pyrrole nitrogens is 1. The van der Waals surface area contributed by atoms with Crippen molar-refractivity contribution in [1.29, 1.82) is 0 Å². The van der Waals surface area contributed by atoms with Crippen LogP contribution in [0, 0.1) is 0 Å². The number of rotatable bonds is 0. The summed E-state index contributed by atoms with van der Waals surface area (Å²) in [5.41, 5.74) is 0. The predicted molar refractivity (Wildman–Crippen MR) is 48.6 cm³/mol. The molecule has 0 aliphatic heterocycles. The minimum absolute atomic E-state index is 0. The van der Waals surface area contributed by atoms with Crippen molar-refractivity contribution in [1.82, 2.24) is 10.2 Å². The minimum atomic E-state index is 0. The molecule has 3 heteroatoms. The molecule has 0 bridgehead atoms. The second kappa shape index (κ2) is 7.50. The van der Waals surface area contributed by atoms with E-state index < -0.39 is 0 Å². The summed E-state index contributed by atoms with van der Waals surface area (Å²) >= 11 is 0. The molecule has 12 heavy (non-hydrogen) atoms. The van der Waals surface area contributed by atoms with Crippen molar-refractivity contribution in [3.63, 3.8) is 0 Å². The van der Waals surface area contributed by atoms with Crippen molar-refractivity contribution < 1.29 is 5.48 Å². The van der Waals surface area contributed by atoms with E-state index in [4.69, 9.17) is 0 Å². The quantitative estimate of drug-likeness (QED) is 0.626. The van der Waals surface area contributed by atoms with Crippen molar-refractivity contribution in [2.24, 2.45) is 0 Å². The lowest BCUT2D eigenvalue weighted by molar-refractivity contribution is 0.824. The van der Waals surface area contributed by atoms with Crippen LogP contribution >= 0.6 is 0 Å². The van der Waals surface area contributed by atoms with E-state index in [0.29, 0.717) is 0 Å². The molecule has 64 valence electrons. The van der Waals surface area contributed by atoms with Crippen LogP contribution < -0.4 is 0 Å². The summed E-state index contributed by atoms with van der Waals surface area (Å²) in [5, 5.41) is 6.21. The SMILES string of the molecule is O.c1ccccc1.c1cn[nH]c1. The molecular formula is C9H12N2O. The van der Waals surface area contributed by atoms with E-state index in [2.05, 4.69) is 10.2 Å². The van der Waals surface area contributed by atoms with Crippen LogP contribution in [0.25, 0.3) is 0 Å². The maximum atomic E-state index is 3.60. The van der Waals surface area contributed by atoms with Crippen LogP contribution in [0.1, 0.15) is 0 Å². The first-order chi connectivity index (χ1) is 5.50. The number of benzene rings is 1. The molecule has 1 heterocycles. The highest BCUT2D eigenvalue weighted by atomic mass is 16.0. The molecule has 2 rings (SSSR count). The fourth-order valence-corrected chi connectivity index (χ4v) is 0.600. The summed E-state index contributed by atoms with van der Waals surface area (Å²) < 4.78 is 0. The molecule has 1 aromatic carbocycles. The van der Waals surface area contributed by atoms with Crippen LogP contribution in [0.5, 0.6) is 0 Å². The lowest BCUT2D eigenvalue weighted by atomic mass is 10.4. The Morgan fingerprint density at radius 1 is 0.750 bits per heavy atom. The highest BCUT2D eigenvalue weighted by Gasteiger charge is 1.58. The third-order valence-electron chi connectivity index (χ3n) is 1.07. The van der Waals surface area contributed by atoms with E-state index in [1.165, 1.54) is 0 Å². The fraction of sp³-hybridized carbons (Fsp3) is 0. The van der Waals surface area contributed by atoms with Gasteiger partial charge in [0, 0.05) is 12.4 Å². The van der Waals surface area contributed by atoms with Gasteiger partial charge in [-0.1, -0.05) is 36.4 Å². The average molecular weight is 164 g/mol. The molecule has 3 N–H and O–H groups in total. The summed E-state index contributed by atoms with van der Waals surface area (Å²) in [7, 11) is 0. The van der Waals surface area contributed by atoms with Gasteiger partial charge in [-0.05, 0) is 6.07 Å². The molecule has 0 aliphatic carbocycles. The topological polar surface area (TPSA) is 60.2 Å². The van der Waals surface area contributed by atoms with Crippen molar-refractivity contribution >= 4 is 0 Å². The lowest BCUT2D eigenvalue weighted by Gasteiger charge is -1.69. The van der Waals surface area contributed by atoms with Crippen molar-refractivity contribution in [3.8, 4) is 0 Å². The Labute approximate surface area is 71.4 Å². The maximum Gasteiger partial charge on any atom is 0.0487 e. The molecule has 0 radical (unpaired) electrons. The van der Waals surface area contributed by atoms with E-state index in [0.717, 1.165) is 0 Å². The zero-order valence-electron chi connectivity index (χ0n) is 6.64. The Kier molecular flexibility index (Phi) is 6.49. The van der Waals surface area contributed by atoms with Crippen LogP contribution in [-0.2, 0) is 0 Å². The van der Waals surface area contributed by atoms with Gasteiger partial charge in [-0.3, -0.25) is 5.10 Å². The van der Waals surface area contributed by atoms with Gasteiger partial charge in [0.2, 0.25) is 0 Å². The fourth-order valence-electron chi connectivity index (χ4n) is 0.600. The Morgan fingerprint density at radius 2 is 1.25 bits per heavy atom.